The smallest absolute Gasteiger partial charge is 0.253 e. The minimum atomic E-state index is -0.191. The molecule has 5 nitrogen and oxygen atoms in total. The zero-order chi connectivity index (χ0) is 17.1. The van der Waals surface area contributed by atoms with Crippen molar-refractivity contribution in [2.24, 2.45) is 0 Å². The largest absolute Gasteiger partial charge is 0.381 e. The Hall–Kier alpha value is -1.43. The molecule has 3 heterocycles. The highest BCUT2D eigenvalue weighted by Gasteiger charge is 2.42. The van der Waals surface area contributed by atoms with Crippen LogP contribution < -0.4 is 4.90 Å². The molecule has 1 atom stereocenters. The number of benzene rings is 1. The minimum absolute atomic E-state index is 0.0716. The number of hydrogen-bond acceptors (Lipinski definition) is 4. The molecule has 0 radical (unpaired) electrons. The Bertz CT molecular complexity index is 588. The zero-order valence-corrected chi connectivity index (χ0v) is 14.9. The fourth-order valence-corrected chi connectivity index (χ4v) is 4.46. The van der Waals surface area contributed by atoms with Crippen molar-refractivity contribution in [1.29, 1.82) is 0 Å². The molecule has 0 N–H and O–H groups in total. The Morgan fingerprint density at radius 1 is 1.04 bits per heavy atom. The van der Waals surface area contributed by atoms with E-state index >= 15 is 0 Å². The second-order valence-corrected chi connectivity index (χ2v) is 7.52. The van der Waals surface area contributed by atoms with E-state index in [0.717, 1.165) is 64.1 Å². The molecule has 3 aliphatic heterocycles. The van der Waals surface area contributed by atoms with Gasteiger partial charge in [0.1, 0.15) is 6.61 Å². The molecule has 1 unspecified atom stereocenters. The van der Waals surface area contributed by atoms with Crippen molar-refractivity contribution in [2.45, 2.75) is 43.7 Å². The summed E-state index contributed by atoms with van der Waals surface area (Å²) in [5.41, 5.74) is 0.796. The summed E-state index contributed by atoms with van der Waals surface area (Å²) in [5, 5.41) is 0. The summed E-state index contributed by atoms with van der Waals surface area (Å²) in [6, 6.07) is 10.7. The van der Waals surface area contributed by atoms with Gasteiger partial charge in [0.15, 0.2) is 0 Å². The summed E-state index contributed by atoms with van der Waals surface area (Å²) < 4.78 is 11.7. The van der Waals surface area contributed by atoms with Crippen LogP contribution in [0.25, 0.3) is 0 Å². The normalized spacial score (nSPS) is 29.8. The van der Waals surface area contributed by atoms with Crippen molar-refractivity contribution in [3.63, 3.8) is 0 Å². The fourth-order valence-electron chi connectivity index (χ4n) is 4.46. The van der Waals surface area contributed by atoms with E-state index in [1.807, 2.05) is 35.2 Å². The maximum absolute atomic E-state index is 12.4. The molecule has 0 saturated carbocycles. The zero-order valence-electron chi connectivity index (χ0n) is 14.9. The maximum Gasteiger partial charge on any atom is 0.253 e. The van der Waals surface area contributed by atoms with Crippen LogP contribution in [0.3, 0.4) is 0 Å². The van der Waals surface area contributed by atoms with Crippen molar-refractivity contribution in [3.8, 4) is 0 Å². The maximum atomic E-state index is 12.4. The number of carbonyl (C=O) groups excluding carboxylic acids is 1. The SMILES string of the molecule is O=C1COC2(CCCN(C3CCOCC3)CC2)CN1c1ccccc1. The van der Waals surface area contributed by atoms with Crippen LogP contribution in [-0.4, -0.2) is 61.9 Å². The van der Waals surface area contributed by atoms with Gasteiger partial charge in [-0.2, -0.15) is 0 Å². The highest BCUT2D eigenvalue weighted by atomic mass is 16.5. The van der Waals surface area contributed by atoms with E-state index in [9.17, 15) is 4.79 Å². The molecule has 3 aliphatic rings. The molecule has 4 rings (SSSR count). The van der Waals surface area contributed by atoms with E-state index in [1.54, 1.807) is 0 Å². The summed E-state index contributed by atoms with van der Waals surface area (Å²) >= 11 is 0. The first kappa shape index (κ1) is 17.0. The molecule has 136 valence electrons. The molecule has 3 saturated heterocycles. The molecular formula is C20H28N2O3. The Labute approximate surface area is 149 Å². The number of anilines is 1. The Morgan fingerprint density at radius 2 is 1.84 bits per heavy atom. The number of nitrogens with zero attached hydrogens (tertiary/aromatic N) is 2. The number of amides is 1. The average molecular weight is 344 g/mol. The van der Waals surface area contributed by atoms with Crippen LogP contribution in [0.5, 0.6) is 0 Å². The number of hydrogen-bond donors (Lipinski definition) is 0. The van der Waals surface area contributed by atoms with Crippen LogP contribution in [0.15, 0.2) is 30.3 Å². The third-order valence-electron chi connectivity index (χ3n) is 5.96. The Morgan fingerprint density at radius 3 is 2.64 bits per heavy atom. The second-order valence-electron chi connectivity index (χ2n) is 7.52. The van der Waals surface area contributed by atoms with Crippen molar-refractivity contribution in [2.75, 3.05) is 44.4 Å². The van der Waals surface area contributed by atoms with Crippen LogP contribution in [0.2, 0.25) is 0 Å². The van der Waals surface area contributed by atoms with Crippen LogP contribution >= 0.6 is 0 Å². The fraction of sp³-hybridized carbons (Fsp3) is 0.650. The van der Waals surface area contributed by atoms with Crippen molar-refractivity contribution < 1.29 is 14.3 Å². The van der Waals surface area contributed by atoms with Crippen LogP contribution in [0.1, 0.15) is 32.1 Å². The number of carbonyl (C=O) groups is 1. The predicted molar refractivity (Wildman–Crippen MR) is 96.7 cm³/mol. The Kier molecular flexibility index (Phi) is 5.06. The lowest BCUT2D eigenvalue weighted by molar-refractivity contribution is -0.140. The van der Waals surface area contributed by atoms with Gasteiger partial charge in [-0.25, -0.2) is 0 Å². The highest BCUT2D eigenvalue weighted by molar-refractivity contribution is 5.95. The number of morpholine rings is 1. The third-order valence-corrected chi connectivity index (χ3v) is 5.96. The molecule has 1 amide bonds. The van der Waals surface area contributed by atoms with Gasteiger partial charge >= 0.3 is 0 Å². The molecule has 1 aromatic carbocycles. The average Bonchev–Trinajstić information content (AvgIpc) is 2.88. The third kappa shape index (κ3) is 3.73. The van der Waals surface area contributed by atoms with E-state index in [2.05, 4.69) is 4.90 Å². The summed E-state index contributed by atoms with van der Waals surface area (Å²) in [6.45, 7) is 4.85. The van der Waals surface area contributed by atoms with E-state index < -0.39 is 0 Å². The molecule has 0 aromatic heterocycles. The minimum Gasteiger partial charge on any atom is -0.381 e. The molecule has 1 aromatic rings. The van der Waals surface area contributed by atoms with Gasteiger partial charge in [0, 0.05) is 31.5 Å². The summed E-state index contributed by atoms with van der Waals surface area (Å²) in [6.07, 6.45) is 5.45. The summed E-state index contributed by atoms with van der Waals surface area (Å²) in [4.78, 5) is 16.9. The molecule has 3 fully saturated rings. The molecule has 1 spiro atoms. The van der Waals surface area contributed by atoms with Gasteiger partial charge in [-0.3, -0.25) is 4.79 Å². The Balaban J connectivity index is 1.45. The van der Waals surface area contributed by atoms with Crippen molar-refractivity contribution >= 4 is 11.6 Å². The van der Waals surface area contributed by atoms with Crippen LogP contribution in [0, 0.1) is 0 Å². The van der Waals surface area contributed by atoms with Crippen LogP contribution in [-0.2, 0) is 14.3 Å². The predicted octanol–water partition coefficient (Wildman–Crippen LogP) is 2.45. The number of rotatable bonds is 2. The van der Waals surface area contributed by atoms with Gasteiger partial charge in [-0.05, 0) is 50.8 Å². The van der Waals surface area contributed by atoms with E-state index in [0.29, 0.717) is 12.6 Å². The van der Waals surface area contributed by atoms with Gasteiger partial charge in [-0.1, -0.05) is 18.2 Å². The molecule has 0 aliphatic carbocycles. The first-order valence-corrected chi connectivity index (χ1v) is 9.57. The van der Waals surface area contributed by atoms with Crippen molar-refractivity contribution in [3.05, 3.63) is 30.3 Å². The lowest BCUT2D eigenvalue weighted by Gasteiger charge is -2.42. The molecule has 5 heteroatoms. The van der Waals surface area contributed by atoms with Gasteiger partial charge < -0.3 is 19.3 Å². The highest BCUT2D eigenvalue weighted by Crippen LogP contribution is 2.33. The first-order valence-electron chi connectivity index (χ1n) is 9.57. The molecule has 0 bridgehead atoms. The van der Waals surface area contributed by atoms with Crippen LogP contribution in [0.4, 0.5) is 5.69 Å². The van der Waals surface area contributed by atoms with Crippen molar-refractivity contribution in [1.82, 2.24) is 4.90 Å². The number of para-hydroxylation sites is 1. The van der Waals surface area contributed by atoms with E-state index in [4.69, 9.17) is 9.47 Å². The molecular weight excluding hydrogens is 316 g/mol. The van der Waals surface area contributed by atoms with E-state index in [1.165, 1.54) is 0 Å². The summed E-state index contributed by atoms with van der Waals surface area (Å²) in [5.74, 6) is 0.0716. The quantitative estimate of drug-likeness (QED) is 0.826. The van der Waals surface area contributed by atoms with Gasteiger partial charge in [0.05, 0.1) is 12.1 Å². The standard InChI is InChI=1S/C20H28N2O3/c23-19-15-25-20(16-22(19)18-5-2-1-3-6-18)9-4-11-21(12-10-20)17-7-13-24-14-8-17/h1-3,5-6,17H,4,7-16H2. The van der Waals surface area contributed by atoms with Gasteiger partial charge in [0.25, 0.3) is 5.91 Å². The lowest BCUT2D eigenvalue weighted by atomic mass is 9.92. The van der Waals surface area contributed by atoms with Gasteiger partial charge in [-0.15, -0.1) is 0 Å². The summed E-state index contributed by atoms with van der Waals surface area (Å²) in [7, 11) is 0. The van der Waals surface area contributed by atoms with E-state index in [-0.39, 0.29) is 18.1 Å². The first-order chi connectivity index (χ1) is 12.3. The second kappa shape index (κ2) is 7.44. The molecule has 25 heavy (non-hydrogen) atoms. The van der Waals surface area contributed by atoms with Gasteiger partial charge in [0.2, 0.25) is 0 Å². The lowest BCUT2D eigenvalue weighted by Crippen LogP contribution is -2.55. The number of likely N-dealkylation sites (tertiary alicyclic amines) is 1. The topological polar surface area (TPSA) is 42.0 Å². The monoisotopic (exact) mass is 344 g/mol. The number of ether oxygens (including phenoxy) is 2.